The highest BCUT2D eigenvalue weighted by Crippen LogP contribution is 1.99. The third-order valence-corrected chi connectivity index (χ3v) is 1.78. The van der Waals surface area contributed by atoms with E-state index in [0.29, 0.717) is 0 Å². The molecule has 1 aromatic heterocycles. The summed E-state index contributed by atoms with van der Waals surface area (Å²) in [5, 5.41) is 0. The molecular formula is C8H10N2O3. The van der Waals surface area contributed by atoms with E-state index in [4.69, 9.17) is 0 Å². The number of hydrogen-bond acceptors (Lipinski definition) is 3. The highest BCUT2D eigenvalue weighted by molar-refractivity contribution is 5.95. The van der Waals surface area contributed by atoms with Gasteiger partial charge >= 0.3 is 5.69 Å². The maximum absolute atomic E-state index is 11.2. The smallest absolute Gasteiger partial charge is 0.304 e. The van der Waals surface area contributed by atoms with Crippen molar-refractivity contribution in [1.29, 1.82) is 0 Å². The third-order valence-electron chi connectivity index (χ3n) is 1.78. The molecule has 0 spiro atoms. The van der Waals surface area contributed by atoms with Crippen LogP contribution in [0.5, 0.6) is 0 Å². The van der Waals surface area contributed by atoms with Crippen LogP contribution in [0.15, 0.2) is 9.59 Å². The summed E-state index contributed by atoms with van der Waals surface area (Å²) in [6.07, 6.45) is 0.264. The lowest BCUT2D eigenvalue weighted by atomic mass is 10.1. The molecule has 0 radical (unpaired) electrons. The van der Waals surface area contributed by atoms with Crippen LogP contribution >= 0.6 is 0 Å². The largest absolute Gasteiger partial charge is 0.326 e. The number of carbonyl (C=O) groups excluding carboxylic acids is 1. The average Bonchev–Trinajstić information content (AvgIpc) is 2.10. The van der Waals surface area contributed by atoms with Crippen LogP contribution in [0.4, 0.5) is 0 Å². The Morgan fingerprint density at radius 1 is 1.31 bits per heavy atom. The second-order valence-corrected chi connectivity index (χ2v) is 2.68. The Kier molecular flexibility index (Phi) is 2.46. The van der Waals surface area contributed by atoms with Gasteiger partial charge in [0, 0.05) is 12.0 Å². The van der Waals surface area contributed by atoms with E-state index in [2.05, 4.69) is 4.98 Å². The van der Waals surface area contributed by atoms with E-state index >= 15 is 0 Å². The lowest BCUT2D eigenvalue weighted by Crippen LogP contribution is -2.28. The molecule has 0 aliphatic carbocycles. The first-order valence-electron chi connectivity index (χ1n) is 3.92. The monoisotopic (exact) mass is 182 g/mol. The van der Waals surface area contributed by atoms with Crippen LogP contribution in [0.1, 0.15) is 29.4 Å². The molecule has 0 saturated heterocycles. The zero-order valence-corrected chi connectivity index (χ0v) is 7.43. The van der Waals surface area contributed by atoms with Crippen LogP contribution in [0, 0.1) is 6.92 Å². The second kappa shape index (κ2) is 3.38. The lowest BCUT2D eigenvalue weighted by molar-refractivity contribution is 0.0982. The molecule has 13 heavy (non-hydrogen) atoms. The van der Waals surface area contributed by atoms with Crippen molar-refractivity contribution in [2.75, 3.05) is 0 Å². The summed E-state index contributed by atoms with van der Waals surface area (Å²) in [6, 6.07) is 0. The summed E-state index contributed by atoms with van der Waals surface area (Å²) >= 11 is 0. The summed E-state index contributed by atoms with van der Waals surface area (Å²) in [4.78, 5) is 37.4. The van der Waals surface area contributed by atoms with Crippen LogP contribution < -0.4 is 11.2 Å². The maximum Gasteiger partial charge on any atom is 0.326 e. The quantitative estimate of drug-likeness (QED) is 0.630. The fourth-order valence-corrected chi connectivity index (χ4v) is 1.00. The van der Waals surface area contributed by atoms with E-state index in [9.17, 15) is 14.4 Å². The molecule has 0 bridgehead atoms. The molecule has 1 aromatic rings. The van der Waals surface area contributed by atoms with Crippen LogP contribution in [0.2, 0.25) is 0 Å². The van der Waals surface area contributed by atoms with Crippen molar-refractivity contribution < 1.29 is 4.79 Å². The molecule has 0 aromatic carbocycles. The molecule has 0 saturated carbocycles. The predicted molar refractivity (Wildman–Crippen MR) is 47.0 cm³/mol. The van der Waals surface area contributed by atoms with Gasteiger partial charge in [-0.15, -0.1) is 0 Å². The number of nitrogens with one attached hydrogen (secondary N) is 2. The van der Waals surface area contributed by atoms with Crippen molar-refractivity contribution in [2.24, 2.45) is 0 Å². The fraction of sp³-hybridized carbons (Fsp3) is 0.375. The van der Waals surface area contributed by atoms with E-state index in [-0.39, 0.29) is 23.5 Å². The van der Waals surface area contributed by atoms with Gasteiger partial charge in [0.05, 0.1) is 5.69 Å². The summed E-state index contributed by atoms with van der Waals surface area (Å²) < 4.78 is 0. The van der Waals surface area contributed by atoms with Crippen molar-refractivity contribution in [3.63, 3.8) is 0 Å². The van der Waals surface area contributed by atoms with E-state index in [0.717, 1.165) is 0 Å². The minimum atomic E-state index is -0.646. The van der Waals surface area contributed by atoms with E-state index in [1.54, 1.807) is 6.92 Å². The Bertz CT molecular complexity index is 441. The number of Topliss-reactive ketones (excluding diaryl/α,β-unsaturated/α-hetero) is 1. The van der Waals surface area contributed by atoms with Crippen molar-refractivity contribution >= 4 is 5.78 Å². The maximum atomic E-state index is 11.2. The van der Waals surface area contributed by atoms with Gasteiger partial charge in [0.1, 0.15) is 0 Å². The molecule has 0 amide bonds. The van der Waals surface area contributed by atoms with Crippen molar-refractivity contribution in [3.8, 4) is 0 Å². The summed E-state index contributed by atoms with van der Waals surface area (Å²) in [5.74, 6) is -0.235. The van der Waals surface area contributed by atoms with E-state index < -0.39 is 11.2 Å². The first-order chi connectivity index (χ1) is 6.06. The number of aromatic amines is 2. The molecule has 0 atom stereocenters. The minimum absolute atomic E-state index is 0.108. The molecule has 70 valence electrons. The lowest BCUT2D eigenvalue weighted by Gasteiger charge is -1.99. The number of aromatic nitrogens is 2. The standard InChI is InChI=1S/C8H10N2O3/c1-3-5(11)6-4(2)7(12)10-8(13)9-6/h3H2,1-2H3,(H2,9,10,12,13). The van der Waals surface area contributed by atoms with Crippen molar-refractivity contribution in [1.82, 2.24) is 9.97 Å². The van der Waals surface area contributed by atoms with Crippen LogP contribution in [-0.2, 0) is 0 Å². The van der Waals surface area contributed by atoms with Gasteiger partial charge in [0.2, 0.25) is 0 Å². The number of rotatable bonds is 2. The molecule has 1 rings (SSSR count). The molecule has 0 unspecified atom stereocenters. The molecule has 0 aliphatic rings. The zero-order chi connectivity index (χ0) is 10.0. The molecule has 5 heteroatoms. The minimum Gasteiger partial charge on any atom is -0.304 e. The number of carbonyl (C=O) groups is 1. The van der Waals surface area contributed by atoms with Gasteiger partial charge in [0.25, 0.3) is 5.56 Å². The summed E-state index contributed by atoms with van der Waals surface area (Å²) in [5.41, 5.74) is -0.796. The van der Waals surface area contributed by atoms with Gasteiger partial charge in [-0.05, 0) is 6.92 Å². The number of ketones is 1. The van der Waals surface area contributed by atoms with E-state index in [1.807, 2.05) is 4.98 Å². The van der Waals surface area contributed by atoms with Crippen LogP contribution in [-0.4, -0.2) is 15.8 Å². The third kappa shape index (κ3) is 1.74. The van der Waals surface area contributed by atoms with Gasteiger partial charge in [0.15, 0.2) is 5.78 Å². The second-order valence-electron chi connectivity index (χ2n) is 2.68. The fourth-order valence-electron chi connectivity index (χ4n) is 1.00. The average molecular weight is 182 g/mol. The Morgan fingerprint density at radius 3 is 2.46 bits per heavy atom. The Hall–Kier alpha value is -1.65. The first kappa shape index (κ1) is 9.44. The topological polar surface area (TPSA) is 82.8 Å². The van der Waals surface area contributed by atoms with Gasteiger partial charge in [-0.2, -0.15) is 0 Å². The summed E-state index contributed by atoms with van der Waals surface area (Å²) in [6.45, 7) is 3.17. The van der Waals surface area contributed by atoms with Crippen LogP contribution in [0.25, 0.3) is 0 Å². The zero-order valence-electron chi connectivity index (χ0n) is 7.43. The molecule has 2 N–H and O–H groups in total. The molecule has 1 heterocycles. The van der Waals surface area contributed by atoms with Gasteiger partial charge in [-0.3, -0.25) is 14.6 Å². The molecule has 0 aliphatic heterocycles. The van der Waals surface area contributed by atoms with E-state index in [1.165, 1.54) is 6.92 Å². The summed E-state index contributed by atoms with van der Waals surface area (Å²) in [7, 11) is 0. The number of hydrogen-bond donors (Lipinski definition) is 2. The molecular weight excluding hydrogens is 172 g/mol. The van der Waals surface area contributed by atoms with Crippen molar-refractivity contribution in [3.05, 3.63) is 32.1 Å². The Balaban J connectivity index is 3.46. The Labute approximate surface area is 73.8 Å². The van der Waals surface area contributed by atoms with Gasteiger partial charge in [-0.1, -0.05) is 6.92 Å². The van der Waals surface area contributed by atoms with Gasteiger partial charge in [-0.25, -0.2) is 4.79 Å². The highest BCUT2D eigenvalue weighted by atomic mass is 16.2. The van der Waals surface area contributed by atoms with Gasteiger partial charge < -0.3 is 4.98 Å². The molecule has 0 fully saturated rings. The molecule has 5 nitrogen and oxygen atoms in total. The predicted octanol–water partition coefficient (Wildman–Crippen LogP) is -0.0357. The Morgan fingerprint density at radius 2 is 1.92 bits per heavy atom. The first-order valence-corrected chi connectivity index (χ1v) is 3.92. The SMILES string of the molecule is CCC(=O)c1[nH]c(=O)[nH]c(=O)c1C. The van der Waals surface area contributed by atoms with Crippen molar-refractivity contribution in [2.45, 2.75) is 20.3 Å². The normalized spacial score (nSPS) is 10.0. The van der Waals surface area contributed by atoms with Crippen LogP contribution in [0.3, 0.4) is 0 Å². The highest BCUT2D eigenvalue weighted by Gasteiger charge is 2.10. The number of H-pyrrole nitrogens is 2.